The van der Waals surface area contributed by atoms with Crippen LogP contribution in [0.15, 0.2) is 64.4 Å². The minimum Gasteiger partial charge on any atom is -0.341 e. The predicted molar refractivity (Wildman–Crippen MR) is 127 cm³/mol. The van der Waals surface area contributed by atoms with E-state index in [0.29, 0.717) is 18.7 Å². The molecule has 1 fully saturated rings. The summed E-state index contributed by atoms with van der Waals surface area (Å²) in [5, 5.41) is 0. The highest BCUT2D eigenvalue weighted by molar-refractivity contribution is 7.89. The molecule has 33 heavy (non-hydrogen) atoms. The van der Waals surface area contributed by atoms with Crippen LogP contribution in [-0.2, 0) is 16.6 Å². The van der Waals surface area contributed by atoms with Crippen molar-refractivity contribution < 1.29 is 13.2 Å². The lowest BCUT2D eigenvalue weighted by atomic mass is 10.1. The maximum atomic E-state index is 13.2. The molecule has 0 aliphatic carbocycles. The number of aromatic nitrogens is 2. The van der Waals surface area contributed by atoms with Crippen LogP contribution in [0, 0.1) is 13.8 Å². The van der Waals surface area contributed by atoms with Gasteiger partial charge in [-0.15, -0.1) is 0 Å². The van der Waals surface area contributed by atoms with Crippen LogP contribution in [0.2, 0.25) is 0 Å². The number of nitrogens with zero attached hydrogens (tertiary/aromatic N) is 3. The molecule has 0 unspecified atom stereocenters. The monoisotopic (exact) mass is 467 g/mol. The van der Waals surface area contributed by atoms with Crippen LogP contribution in [-0.4, -0.2) is 40.7 Å². The smallest absolute Gasteiger partial charge is 0.251 e. The summed E-state index contributed by atoms with van der Waals surface area (Å²) < 4.78 is 30.5. The van der Waals surface area contributed by atoms with Crippen LogP contribution in [0.5, 0.6) is 0 Å². The fraction of sp³-hybridized carbons (Fsp3) is 0.360. The lowest BCUT2D eigenvalue weighted by molar-refractivity contribution is 0.0969. The Morgan fingerprint density at radius 3 is 2.36 bits per heavy atom. The van der Waals surface area contributed by atoms with Crippen LogP contribution in [0.25, 0.3) is 0 Å². The SMILES string of the molecule is Cc1cc(C(=O)Cn2cc(S(=O)(=O)N3CCCC3)ccc2=O)c(C)n1[C@H](C)c1ccccc1. The van der Waals surface area contributed by atoms with Crippen molar-refractivity contribution in [3.63, 3.8) is 0 Å². The highest BCUT2D eigenvalue weighted by Crippen LogP contribution is 2.26. The van der Waals surface area contributed by atoms with Crippen molar-refractivity contribution in [2.75, 3.05) is 13.1 Å². The van der Waals surface area contributed by atoms with Gasteiger partial charge in [-0.05, 0) is 51.3 Å². The van der Waals surface area contributed by atoms with Gasteiger partial charge in [-0.1, -0.05) is 30.3 Å². The standard InChI is InChI=1S/C25H29N3O4S/c1-18-15-23(20(3)28(18)19(2)21-9-5-4-6-10-21)24(29)17-26-16-22(11-12-25(26)30)33(31,32)27-13-7-8-14-27/h4-6,9-12,15-16,19H,7-8,13-14,17H2,1-3H3/t19-/m1/s1. The van der Waals surface area contributed by atoms with E-state index in [2.05, 4.69) is 23.6 Å². The van der Waals surface area contributed by atoms with Gasteiger partial charge < -0.3 is 9.13 Å². The zero-order valence-electron chi connectivity index (χ0n) is 19.2. The Hall–Kier alpha value is -2.97. The Kier molecular flexibility index (Phi) is 6.41. The molecule has 1 aliphatic heterocycles. The second kappa shape index (κ2) is 9.11. The van der Waals surface area contributed by atoms with Gasteiger partial charge in [-0.25, -0.2) is 8.42 Å². The number of hydrogen-bond acceptors (Lipinski definition) is 4. The molecule has 0 spiro atoms. The normalized spacial score (nSPS) is 15.6. The fourth-order valence-corrected chi connectivity index (χ4v) is 6.18. The first-order valence-corrected chi connectivity index (χ1v) is 12.6. The van der Waals surface area contributed by atoms with Gasteiger partial charge >= 0.3 is 0 Å². The highest BCUT2D eigenvalue weighted by Gasteiger charge is 2.28. The fourth-order valence-electron chi connectivity index (χ4n) is 4.64. The average Bonchev–Trinajstić information content (AvgIpc) is 3.44. The van der Waals surface area contributed by atoms with E-state index in [1.165, 1.54) is 27.2 Å². The molecule has 3 heterocycles. The lowest BCUT2D eigenvalue weighted by Crippen LogP contribution is -2.30. The first-order chi connectivity index (χ1) is 15.7. The molecule has 4 rings (SSSR count). The van der Waals surface area contributed by atoms with Gasteiger partial charge in [0.15, 0.2) is 5.78 Å². The van der Waals surface area contributed by atoms with Crippen molar-refractivity contribution in [2.24, 2.45) is 0 Å². The zero-order valence-corrected chi connectivity index (χ0v) is 20.0. The Bertz CT molecular complexity index is 1330. The van der Waals surface area contributed by atoms with Crippen LogP contribution < -0.4 is 5.56 Å². The maximum absolute atomic E-state index is 13.2. The molecule has 7 nitrogen and oxygen atoms in total. The third-order valence-electron chi connectivity index (χ3n) is 6.43. The van der Waals surface area contributed by atoms with Crippen molar-refractivity contribution in [1.29, 1.82) is 0 Å². The molecule has 1 aliphatic rings. The highest BCUT2D eigenvalue weighted by atomic mass is 32.2. The first kappa shape index (κ1) is 23.2. The number of benzene rings is 1. The van der Waals surface area contributed by atoms with E-state index >= 15 is 0 Å². The van der Waals surface area contributed by atoms with E-state index in [1.807, 2.05) is 38.1 Å². The number of carbonyl (C=O) groups excluding carboxylic acids is 1. The molecular formula is C25H29N3O4S. The predicted octanol–water partition coefficient (Wildman–Crippen LogP) is 3.54. The third kappa shape index (κ3) is 4.45. The number of pyridine rings is 1. The molecule has 2 aromatic heterocycles. The van der Waals surface area contributed by atoms with E-state index < -0.39 is 15.6 Å². The maximum Gasteiger partial charge on any atom is 0.251 e. The molecule has 0 amide bonds. The minimum absolute atomic E-state index is 0.0416. The zero-order chi connectivity index (χ0) is 23.8. The van der Waals surface area contributed by atoms with Gasteiger partial charge in [0.1, 0.15) is 0 Å². The van der Waals surface area contributed by atoms with Gasteiger partial charge in [0.25, 0.3) is 5.56 Å². The van der Waals surface area contributed by atoms with Crippen molar-refractivity contribution >= 4 is 15.8 Å². The Labute approximate surface area is 194 Å². The van der Waals surface area contributed by atoms with E-state index in [-0.39, 0.29) is 23.3 Å². The molecule has 174 valence electrons. The van der Waals surface area contributed by atoms with E-state index in [1.54, 1.807) is 0 Å². The Morgan fingerprint density at radius 2 is 1.70 bits per heavy atom. The average molecular weight is 468 g/mol. The van der Waals surface area contributed by atoms with E-state index in [9.17, 15) is 18.0 Å². The quantitative estimate of drug-likeness (QED) is 0.498. The molecule has 0 saturated carbocycles. The largest absolute Gasteiger partial charge is 0.341 e. The van der Waals surface area contributed by atoms with Crippen molar-refractivity contribution in [3.8, 4) is 0 Å². The van der Waals surface area contributed by atoms with Crippen LogP contribution in [0.1, 0.15) is 53.1 Å². The number of Topliss-reactive ketones (excluding diaryl/α,β-unsaturated/α-hetero) is 1. The minimum atomic E-state index is -3.67. The Balaban J connectivity index is 1.62. The third-order valence-corrected chi connectivity index (χ3v) is 8.31. The Morgan fingerprint density at radius 1 is 1.03 bits per heavy atom. The molecule has 1 atom stereocenters. The van der Waals surface area contributed by atoms with Gasteiger partial charge in [0.2, 0.25) is 10.0 Å². The molecular weight excluding hydrogens is 438 g/mol. The molecule has 0 bridgehead atoms. The van der Waals surface area contributed by atoms with E-state index in [4.69, 9.17) is 0 Å². The summed E-state index contributed by atoms with van der Waals surface area (Å²) in [7, 11) is -3.67. The molecule has 1 aromatic carbocycles. The summed E-state index contributed by atoms with van der Waals surface area (Å²) in [5.41, 5.74) is 3.03. The van der Waals surface area contributed by atoms with Gasteiger partial charge in [0, 0.05) is 42.3 Å². The summed E-state index contributed by atoms with van der Waals surface area (Å²) in [6.45, 7) is 6.68. The topological polar surface area (TPSA) is 81.4 Å². The van der Waals surface area contributed by atoms with Crippen LogP contribution in [0.3, 0.4) is 0 Å². The van der Waals surface area contributed by atoms with Gasteiger partial charge in [-0.2, -0.15) is 4.31 Å². The number of aryl methyl sites for hydroxylation is 1. The number of carbonyl (C=O) groups is 1. The summed E-state index contributed by atoms with van der Waals surface area (Å²) in [5.74, 6) is -0.229. The molecule has 0 radical (unpaired) electrons. The van der Waals surface area contributed by atoms with Crippen molar-refractivity contribution in [2.45, 2.75) is 51.1 Å². The molecule has 1 saturated heterocycles. The summed E-state index contributed by atoms with van der Waals surface area (Å²) in [4.78, 5) is 25.7. The summed E-state index contributed by atoms with van der Waals surface area (Å²) in [6, 6.07) is 14.5. The van der Waals surface area contributed by atoms with Crippen molar-refractivity contribution in [1.82, 2.24) is 13.4 Å². The van der Waals surface area contributed by atoms with Gasteiger partial charge in [0.05, 0.1) is 17.5 Å². The number of ketones is 1. The molecule has 8 heteroatoms. The second-order valence-corrected chi connectivity index (χ2v) is 10.5. The van der Waals surface area contributed by atoms with Crippen LogP contribution >= 0.6 is 0 Å². The number of sulfonamides is 1. The lowest BCUT2D eigenvalue weighted by Gasteiger charge is -2.19. The van der Waals surface area contributed by atoms with Crippen molar-refractivity contribution in [3.05, 3.63) is 87.6 Å². The second-order valence-electron chi connectivity index (χ2n) is 8.61. The molecule has 0 N–H and O–H groups in total. The summed E-state index contributed by atoms with van der Waals surface area (Å²) >= 11 is 0. The summed E-state index contributed by atoms with van der Waals surface area (Å²) in [6.07, 6.45) is 2.95. The van der Waals surface area contributed by atoms with Crippen LogP contribution in [0.4, 0.5) is 0 Å². The van der Waals surface area contributed by atoms with E-state index in [0.717, 1.165) is 29.8 Å². The number of rotatable bonds is 7. The van der Waals surface area contributed by atoms with Gasteiger partial charge in [-0.3, -0.25) is 9.59 Å². The number of hydrogen-bond donors (Lipinski definition) is 0. The molecule has 3 aromatic rings. The first-order valence-electron chi connectivity index (χ1n) is 11.2.